The Bertz CT molecular complexity index is 220. The second kappa shape index (κ2) is 5.91. The Morgan fingerprint density at radius 1 is 1.47 bits per heavy atom. The minimum atomic E-state index is 0.220. The predicted octanol–water partition coefficient (Wildman–Crippen LogP) is 1.40. The summed E-state index contributed by atoms with van der Waals surface area (Å²) in [7, 11) is 1.85. The summed E-state index contributed by atoms with van der Waals surface area (Å²) < 4.78 is 0. The third-order valence-corrected chi connectivity index (χ3v) is 3.31. The molecule has 0 atom stereocenters. The third-order valence-electron chi connectivity index (χ3n) is 3.31. The van der Waals surface area contributed by atoms with Crippen molar-refractivity contribution in [3.63, 3.8) is 0 Å². The summed E-state index contributed by atoms with van der Waals surface area (Å²) in [5, 5.41) is 0. The van der Waals surface area contributed by atoms with E-state index >= 15 is 0 Å². The Morgan fingerprint density at radius 2 is 2.07 bits per heavy atom. The molecule has 3 heteroatoms. The minimum Gasteiger partial charge on any atom is -0.342 e. The highest BCUT2D eigenvalue weighted by atomic mass is 16.2. The van der Waals surface area contributed by atoms with Gasteiger partial charge in [0.25, 0.3) is 0 Å². The fourth-order valence-corrected chi connectivity index (χ4v) is 2.24. The smallest absolute Gasteiger partial charge is 0.225 e. The Morgan fingerprint density at radius 3 is 2.53 bits per heavy atom. The normalized spacial score (nSPS) is 26.0. The van der Waals surface area contributed by atoms with E-state index in [4.69, 9.17) is 5.73 Å². The van der Waals surface area contributed by atoms with E-state index in [0.717, 1.165) is 32.2 Å². The fraction of sp³-hybridized carbons (Fsp3) is 0.750. The van der Waals surface area contributed by atoms with Crippen molar-refractivity contribution in [3.05, 3.63) is 12.7 Å². The van der Waals surface area contributed by atoms with E-state index in [-0.39, 0.29) is 11.8 Å². The molecule has 2 N–H and O–H groups in total. The van der Waals surface area contributed by atoms with E-state index in [0.29, 0.717) is 12.5 Å². The molecule has 0 aromatic rings. The molecular formula is C12H22N2O. The fourth-order valence-electron chi connectivity index (χ4n) is 2.24. The third kappa shape index (κ3) is 3.34. The number of hydrogen-bond acceptors (Lipinski definition) is 2. The van der Waals surface area contributed by atoms with Gasteiger partial charge in [-0.1, -0.05) is 6.08 Å². The van der Waals surface area contributed by atoms with E-state index in [1.807, 2.05) is 7.05 Å². The summed E-state index contributed by atoms with van der Waals surface area (Å²) >= 11 is 0. The average Bonchev–Trinajstić information content (AvgIpc) is 2.28. The number of amides is 1. The molecule has 1 fully saturated rings. The Hall–Kier alpha value is -0.830. The molecule has 1 aliphatic rings. The van der Waals surface area contributed by atoms with Gasteiger partial charge in [0.1, 0.15) is 0 Å². The summed E-state index contributed by atoms with van der Waals surface area (Å²) in [5.74, 6) is 1.13. The maximum Gasteiger partial charge on any atom is 0.225 e. The van der Waals surface area contributed by atoms with Gasteiger partial charge in [-0.05, 0) is 38.1 Å². The zero-order chi connectivity index (χ0) is 11.3. The van der Waals surface area contributed by atoms with Crippen molar-refractivity contribution in [3.8, 4) is 0 Å². The predicted molar refractivity (Wildman–Crippen MR) is 62.3 cm³/mol. The highest BCUT2D eigenvalue weighted by molar-refractivity contribution is 5.78. The maximum atomic E-state index is 11.9. The Labute approximate surface area is 92.3 Å². The van der Waals surface area contributed by atoms with Crippen molar-refractivity contribution >= 4 is 5.91 Å². The van der Waals surface area contributed by atoms with Crippen LogP contribution in [0.1, 0.15) is 25.7 Å². The summed E-state index contributed by atoms with van der Waals surface area (Å²) in [6.45, 7) is 5.06. The van der Waals surface area contributed by atoms with Crippen LogP contribution in [-0.4, -0.2) is 30.9 Å². The van der Waals surface area contributed by atoms with Gasteiger partial charge in [-0.3, -0.25) is 4.79 Å². The molecule has 3 nitrogen and oxygen atoms in total. The van der Waals surface area contributed by atoms with E-state index < -0.39 is 0 Å². The summed E-state index contributed by atoms with van der Waals surface area (Å²) in [6, 6.07) is 0. The van der Waals surface area contributed by atoms with Crippen LogP contribution in [-0.2, 0) is 4.79 Å². The van der Waals surface area contributed by atoms with Crippen LogP contribution in [0.5, 0.6) is 0 Å². The molecular weight excluding hydrogens is 188 g/mol. The zero-order valence-electron chi connectivity index (χ0n) is 9.61. The Kier molecular flexibility index (Phi) is 4.82. The number of carbonyl (C=O) groups is 1. The van der Waals surface area contributed by atoms with Gasteiger partial charge >= 0.3 is 0 Å². The van der Waals surface area contributed by atoms with Crippen LogP contribution in [0.3, 0.4) is 0 Å². The topological polar surface area (TPSA) is 46.3 Å². The number of hydrogen-bond donors (Lipinski definition) is 1. The molecule has 15 heavy (non-hydrogen) atoms. The van der Waals surface area contributed by atoms with Crippen LogP contribution in [0.25, 0.3) is 0 Å². The number of likely N-dealkylation sites (N-methyl/N-ethyl adjacent to an activating group) is 1. The number of nitrogens with zero attached hydrogens (tertiary/aromatic N) is 1. The van der Waals surface area contributed by atoms with Gasteiger partial charge in [0, 0.05) is 19.5 Å². The van der Waals surface area contributed by atoms with Gasteiger partial charge in [-0.2, -0.15) is 0 Å². The molecule has 0 aromatic carbocycles. The van der Waals surface area contributed by atoms with Crippen LogP contribution in [0.15, 0.2) is 12.7 Å². The first-order valence-electron chi connectivity index (χ1n) is 5.75. The molecule has 0 aliphatic heterocycles. The van der Waals surface area contributed by atoms with Gasteiger partial charge < -0.3 is 10.6 Å². The second-order valence-electron chi connectivity index (χ2n) is 4.46. The molecule has 1 saturated carbocycles. The van der Waals surface area contributed by atoms with Crippen LogP contribution in [0.2, 0.25) is 0 Å². The first-order chi connectivity index (χ1) is 7.19. The zero-order valence-corrected chi connectivity index (χ0v) is 9.61. The average molecular weight is 210 g/mol. The lowest BCUT2D eigenvalue weighted by atomic mass is 9.81. The summed E-state index contributed by atoms with van der Waals surface area (Å²) in [4.78, 5) is 13.7. The second-order valence-corrected chi connectivity index (χ2v) is 4.46. The van der Waals surface area contributed by atoms with Gasteiger partial charge in [-0.25, -0.2) is 0 Å². The number of rotatable bonds is 4. The molecule has 0 saturated heterocycles. The van der Waals surface area contributed by atoms with E-state index in [9.17, 15) is 4.79 Å². The van der Waals surface area contributed by atoms with Crippen LogP contribution >= 0.6 is 0 Å². The molecule has 0 heterocycles. The molecule has 0 bridgehead atoms. The van der Waals surface area contributed by atoms with Crippen molar-refractivity contribution in [1.29, 1.82) is 0 Å². The lowest BCUT2D eigenvalue weighted by molar-refractivity contribution is -0.134. The molecule has 0 unspecified atom stereocenters. The summed E-state index contributed by atoms with van der Waals surface area (Å²) in [6.07, 6.45) is 5.98. The maximum absolute atomic E-state index is 11.9. The van der Waals surface area contributed by atoms with Gasteiger partial charge in [0.05, 0.1) is 0 Å². The summed E-state index contributed by atoms with van der Waals surface area (Å²) in [5.41, 5.74) is 5.62. The van der Waals surface area contributed by atoms with E-state index in [2.05, 4.69) is 6.58 Å². The van der Waals surface area contributed by atoms with Crippen molar-refractivity contribution < 1.29 is 4.79 Å². The quantitative estimate of drug-likeness (QED) is 0.713. The van der Waals surface area contributed by atoms with E-state index in [1.54, 1.807) is 11.0 Å². The number of carbonyl (C=O) groups excluding carboxylic acids is 1. The molecule has 0 aromatic heterocycles. The highest BCUT2D eigenvalue weighted by Gasteiger charge is 2.27. The molecule has 0 spiro atoms. The van der Waals surface area contributed by atoms with Crippen molar-refractivity contribution in [2.45, 2.75) is 25.7 Å². The minimum absolute atomic E-state index is 0.220. The van der Waals surface area contributed by atoms with Gasteiger partial charge in [-0.15, -0.1) is 6.58 Å². The first kappa shape index (κ1) is 12.2. The molecule has 0 radical (unpaired) electrons. The lowest BCUT2D eigenvalue weighted by Gasteiger charge is -2.29. The standard InChI is InChI=1S/C12H22N2O/c1-3-8-14(2)12(15)11-6-4-10(9-13)5-7-11/h3,10-11H,1,4-9,13H2,2H3. The van der Waals surface area contributed by atoms with Crippen molar-refractivity contribution in [2.24, 2.45) is 17.6 Å². The van der Waals surface area contributed by atoms with Crippen LogP contribution < -0.4 is 5.73 Å². The van der Waals surface area contributed by atoms with Crippen molar-refractivity contribution in [2.75, 3.05) is 20.1 Å². The first-order valence-corrected chi connectivity index (χ1v) is 5.75. The number of nitrogens with two attached hydrogens (primary N) is 1. The van der Waals surface area contributed by atoms with Gasteiger partial charge in [0.2, 0.25) is 5.91 Å². The molecule has 1 amide bonds. The Balaban J connectivity index is 2.38. The molecule has 86 valence electrons. The monoisotopic (exact) mass is 210 g/mol. The van der Waals surface area contributed by atoms with Crippen LogP contribution in [0, 0.1) is 11.8 Å². The van der Waals surface area contributed by atoms with Crippen molar-refractivity contribution in [1.82, 2.24) is 4.90 Å². The van der Waals surface area contributed by atoms with Crippen LogP contribution in [0.4, 0.5) is 0 Å². The largest absolute Gasteiger partial charge is 0.342 e. The molecule has 1 aliphatic carbocycles. The SMILES string of the molecule is C=CCN(C)C(=O)C1CCC(CN)CC1. The molecule has 1 rings (SSSR count). The highest BCUT2D eigenvalue weighted by Crippen LogP contribution is 2.29. The van der Waals surface area contributed by atoms with Gasteiger partial charge in [0.15, 0.2) is 0 Å². The van der Waals surface area contributed by atoms with E-state index in [1.165, 1.54) is 0 Å². The lowest BCUT2D eigenvalue weighted by Crippen LogP contribution is -2.35.